The minimum Gasteiger partial charge on any atom is -0.490 e. The number of nitrogens with zero attached hydrogens (tertiary/aromatic N) is 2. The number of aliphatic hydroxyl groups is 1. The molecule has 2 aromatic heterocycles. The van der Waals surface area contributed by atoms with Crippen molar-refractivity contribution in [3.8, 4) is 22.9 Å². The van der Waals surface area contributed by atoms with Crippen LogP contribution in [0.15, 0.2) is 41.4 Å². The number of ether oxygens (including phenoxy) is 4. The molecule has 0 spiro atoms. The molecule has 0 bridgehead atoms. The van der Waals surface area contributed by atoms with Crippen molar-refractivity contribution in [2.75, 3.05) is 13.2 Å². The summed E-state index contributed by atoms with van der Waals surface area (Å²) < 4.78 is 24.2. The van der Waals surface area contributed by atoms with Crippen molar-refractivity contribution in [1.82, 2.24) is 9.55 Å². The third-order valence-electron chi connectivity index (χ3n) is 6.95. The molecule has 9 nitrogen and oxygen atoms in total. The maximum absolute atomic E-state index is 13.6. The number of fused-ring (bicyclic) bond motifs is 6. The number of hydrogen-bond acceptors (Lipinski definition) is 8. The molecule has 3 aliphatic heterocycles. The van der Waals surface area contributed by atoms with E-state index in [4.69, 9.17) is 23.9 Å². The fourth-order valence-corrected chi connectivity index (χ4v) is 5.19. The Kier molecular flexibility index (Phi) is 4.69. The van der Waals surface area contributed by atoms with Crippen LogP contribution in [-0.4, -0.2) is 39.9 Å². The van der Waals surface area contributed by atoms with Crippen LogP contribution in [0.5, 0.6) is 11.5 Å². The second-order valence-corrected chi connectivity index (χ2v) is 9.02. The van der Waals surface area contributed by atoms with Crippen molar-refractivity contribution in [1.29, 1.82) is 0 Å². The van der Waals surface area contributed by atoms with Crippen molar-refractivity contribution in [3.63, 3.8) is 0 Å². The third kappa shape index (κ3) is 3.15. The third-order valence-corrected chi connectivity index (χ3v) is 6.95. The standard InChI is InChI=1S/C26H24N2O7/c1-4-26(31)18-9-20-23-16(7-15-8-21-22(10-19(15)27-23)33-6-5-32-21)11-28(20)25(30)17(18)12-34-13(2)24(26)35-14(3)29/h7-10,24,31H,2,4-6,11-12H2,1,3H3/t24-,26-/m0/s1. The van der Waals surface area contributed by atoms with Crippen LogP contribution in [0.3, 0.4) is 0 Å². The Balaban J connectivity index is 1.55. The molecule has 3 aliphatic rings. The normalized spacial score (nSPS) is 22.0. The highest BCUT2D eigenvalue weighted by Crippen LogP contribution is 2.43. The van der Waals surface area contributed by atoms with Crippen molar-refractivity contribution in [2.24, 2.45) is 0 Å². The Morgan fingerprint density at radius 3 is 2.69 bits per heavy atom. The molecule has 0 unspecified atom stereocenters. The van der Waals surface area contributed by atoms with Crippen LogP contribution in [0.25, 0.3) is 22.3 Å². The first kappa shape index (κ1) is 21.7. The van der Waals surface area contributed by atoms with E-state index in [1.165, 1.54) is 6.92 Å². The predicted octanol–water partition coefficient (Wildman–Crippen LogP) is 2.77. The first-order chi connectivity index (χ1) is 16.8. The zero-order valence-corrected chi connectivity index (χ0v) is 19.4. The number of carbonyl (C=O) groups excluding carboxylic acids is 1. The maximum Gasteiger partial charge on any atom is 0.303 e. The van der Waals surface area contributed by atoms with Gasteiger partial charge < -0.3 is 28.6 Å². The molecule has 5 heterocycles. The van der Waals surface area contributed by atoms with Gasteiger partial charge in [-0.1, -0.05) is 13.5 Å². The minimum absolute atomic E-state index is 0.0828. The van der Waals surface area contributed by atoms with Gasteiger partial charge in [-0.3, -0.25) is 9.59 Å². The topological polar surface area (TPSA) is 109 Å². The summed E-state index contributed by atoms with van der Waals surface area (Å²) in [5.74, 6) is 0.823. The van der Waals surface area contributed by atoms with Gasteiger partial charge in [-0.25, -0.2) is 4.98 Å². The summed E-state index contributed by atoms with van der Waals surface area (Å²) in [6, 6.07) is 7.50. The molecular formula is C26H24N2O7. The van der Waals surface area contributed by atoms with Crippen LogP contribution in [0.1, 0.15) is 37.0 Å². The smallest absolute Gasteiger partial charge is 0.303 e. The van der Waals surface area contributed by atoms with Gasteiger partial charge in [0.2, 0.25) is 0 Å². The Morgan fingerprint density at radius 2 is 1.97 bits per heavy atom. The van der Waals surface area contributed by atoms with Gasteiger partial charge in [-0.05, 0) is 24.6 Å². The molecular weight excluding hydrogens is 452 g/mol. The van der Waals surface area contributed by atoms with Crippen LogP contribution >= 0.6 is 0 Å². The number of aromatic nitrogens is 2. The zero-order valence-electron chi connectivity index (χ0n) is 19.4. The number of esters is 1. The molecule has 2 atom stereocenters. The monoisotopic (exact) mass is 476 g/mol. The molecule has 0 saturated carbocycles. The van der Waals surface area contributed by atoms with E-state index in [1.807, 2.05) is 18.2 Å². The Labute approximate surface area is 200 Å². The number of carbonyl (C=O) groups is 1. The van der Waals surface area contributed by atoms with Crippen molar-refractivity contribution in [3.05, 3.63) is 63.6 Å². The summed E-state index contributed by atoms with van der Waals surface area (Å²) in [4.78, 5) is 30.3. The van der Waals surface area contributed by atoms with Gasteiger partial charge in [0.05, 0.1) is 29.0 Å². The Morgan fingerprint density at radius 1 is 1.23 bits per heavy atom. The van der Waals surface area contributed by atoms with Crippen LogP contribution in [0.2, 0.25) is 0 Å². The van der Waals surface area contributed by atoms with E-state index < -0.39 is 17.7 Å². The highest BCUT2D eigenvalue weighted by Gasteiger charge is 2.47. The van der Waals surface area contributed by atoms with E-state index in [-0.39, 0.29) is 24.3 Å². The van der Waals surface area contributed by atoms with Crippen LogP contribution in [0, 0.1) is 0 Å². The zero-order chi connectivity index (χ0) is 24.5. The molecule has 0 fully saturated rings. The quantitative estimate of drug-likeness (QED) is 0.440. The fraction of sp³-hybridized carbons (Fsp3) is 0.346. The second-order valence-electron chi connectivity index (χ2n) is 9.02. The number of rotatable bonds is 2. The largest absolute Gasteiger partial charge is 0.490 e. The first-order valence-electron chi connectivity index (χ1n) is 11.5. The summed E-state index contributed by atoms with van der Waals surface area (Å²) >= 11 is 0. The van der Waals surface area contributed by atoms with Gasteiger partial charge in [0, 0.05) is 29.5 Å². The lowest BCUT2D eigenvalue weighted by atomic mass is 9.83. The fourth-order valence-electron chi connectivity index (χ4n) is 5.19. The molecule has 1 aromatic carbocycles. The predicted molar refractivity (Wildman–Crippen MR) is 125 cm³/mol. The molecule has 0 saturated heterocycles. The van der Waals surface area contributed by atoms with Crippen LogP contribution in [0.4, 0.5) is 0 Å². The molecule has 1 N–H and O–H groups in total. The van der Waals surface area contributed by atoms with Gasteiger partial charge >= 0.3 is 5.97 Å². The lowest BCUT2D eigenvalue weighted by Gasteiger charge is -2.34. The Hall–Kier alpha value is -3.85. The molecule has 0 radical (unpaired) electrons. The van der Waals surface area contributed by atoms with E-state index in [1.54, 1.807) is 17.6 Å². The van der Waals surface area contributed by atoms with Crippen LogP contribution < -0.4 is 15.0 Å². The number of pyridine rings is 2. The summed E-state index contributed by atoms with van der Waals surface area (Å²) in [6.07, 6.45) is -0.979. The van der Waals surface area contributed by atoms with Crippen LogP contribution in [-0.2, 0) is 33.0 Å². The van der Waals surface area contributed by atoms with Crippen molar-refractivity contribution < 1.29 is 28.8 Å². The SMILES string of the molecule is C=C1OCc2c(cc3n(c2=O)Cc2cc4cc5c(cc4nc2-3)OCCO5)[C@@](O)(CC)[C@H]1OC(C)=O. The number of hydrogen-bond donors (Lipinski definition) is 1. The lowest BCUT2D eigenvalue weighted by molar-refractivity contribution is -0.163. The summed E-state index contributed by atoms with van der Waals surface area (Å²) in [5, 5.41) is 12.7. The average Bonchev–Trinajstić information content (AvgIpc) is 3.16. The molecule has 0 aliphatic carbocycles. The van der Waals surface area contributed by atoms with E-state index in [0.717, 1.165) is 10.9 Å². The molecule has 35 heavy (non-hydrogen) atoms. The van der Waals surface area contributed by atoms with Gasteiger partial charge in [0.25, 0.3) is 5.56 Å². The second kappa shape index (κ2) is 7.58. The van der Waals surface area contributed by atoms with Gasteiger partial charge in [-0.15, -0.1) is 0 Å². The summed E-state index contributed by atoms with van der Waals surface area (Å²) in [6.45, 7) is 8.08. The maximum atomic E-state index is 13.6. The van der Waals surface area contributed by atoms with E-state index in [0.29, 0.717) is 59.3 Å². The molecule has 9 heteroatoms. The van der Waals surface area contributed by atoms with Gasteiger partial charge in [0.15, 0.2) is 17.6 Å². The lowest BCUT2D eigenvalue weighted by Crippen LogP contribution is -2.43. The van der Waals surface area contributed by atoms with Gasteiger partial charge in [0.1, 0.15) is 31.2 Å². The number of benzene rings is 1. The minimum atomic E-state index is -1.69. The summed E-state index contributed by atoms with van der Waals surface area (Å²) in [5.41, 5.74) is 1.53. The average molecular weight is 476 g/mol. The molecule has 0 amide bonds. The van der Waals surface area contributed by atoms with E-state index >= 15 is 0 Å². The highest BCUT2D eigenvalue weighted by atomic mass is 16.6. The van der Waals surface area contributed by atoms with Crippen molar-refractivity contribution in [2.45, 2.75) is 45.1 Å². The Bertz CT molecular complexity index is 1490. The van der Waals surface area contributed by atoms with E-state index in [2.05, 4.69) is 6.58 Å². The molecule has 3 aromatic rings. The molecule has 180 valence electrons. The van der Waals surface area contributed by atoms with Gasteiger partial charge in [-0.2, -0.15) is 0 Å². The first-order valence-corrected chi connectivity index (χ1v) is 11.5. The van der Waals surface area contributed by atoms with Crippen molar-refractivity contribution >= 4 is 16.9 Å². The van der Waals surface area contributed by atoms with E-state index in [9.17, 15) is 14.7 Å². The summed E-state index contributed by atoms with van der Waals surface area (Å²) in [7, 11) is 0. The highest BCUT2D eigenvalue weighted by molar-refractivity contribution is 5.87. The molecule has 6 rings (SSSR count).